The molecule has 0 unspecified atom stereocenters. The fourth-order valence-corrected chi connectivity index (χ4v) is 2.17. The molecule has 100 valence electrons. The molecule has 0 saturated carbocycles. The second-order valence-electron chi connectivity index (χ2n) is 3.63. The number of nitrogens with one attached hydrogen (secondary N) is 1. The smallest absolute Gasteiger partial charge is 0.195 e. The Morgan fingerprint density at radius 3 is 2.68 bits per heavy atom. The van der Waals surface area contributed by atoms with E-state index in [1.807, 2.05) is 48.2 Å². The summed E-state index contributed by atoms with van der Waals surface area (Å²) in [6, 6.07) is 3.89. The Balaban J connectivity index is 0.000000637. The van der Waals surface area contributed by atoms with Gasteiger partial charge in [-0.2, -0.15) is 5.10 Å². The van der Waals surface area contributed by atoms with E-state index in [-0.39, 0.29) is 0 Å². The topological polar surface area (TPSA) is 50.9 Å². The second-order valence-corrected chi connectivity index (χ2v) is 4.93. The monoisotopic (exact) mass is 339 g/mol. The van der Waals surface area contributed by atoms with Crippen LogP contribution < -0.4 is 0 Å². The van der Waals surface area contributed by atoms with E-state index in [1.54, 1.807) is 6.20 Å². The van der Waals surface area contributed by atoms with Gasteiger partial charge in [0, 0.05) is 17.7 Å². The van der Waals surface area contributed by atoms with Crippen molar-refractivity contribution in [3.63, 3.8) is 0 Å². The third-order valence-electron chi connectivity index (χ3n) is 2.58. The van der Waals surface area contributed by atoms with E-state index >= 15 is 0 Å². The number of hydrogen-bond acceptors (Lipinski definition) is 3. The zero-order chi connectivity index (χ0) is 14.0. The Morgan fingerprint density at radius 2 is 2.05 bits per heavy atom. The van der Waals surface area contributed by atoms with Crippen molar-refractivity contribution < 1.29 is 0 Å². The average Bonchev–Trinajstić information content (AvgIpc) is 2.97. The Morgan fingerprint density at radius 1 is 1.32 bits per heavy atom. The number of imidazole rings is 1. The van der Waals surface area contributed by atoms with Crippen molar-refractivity contribution in [2.24, 2.45) is 7.05 Å². The van der Waals surface area contributed by atoms with Gasteiger partial charge in [-0.1, -0.05) is 13.8 Å². The molecule has 0 aliphatic rings. The van der Waals surface area contributed by atoms with E-state index in [1.165, 1.54) is 0 Å². The predicted molar refractivity (Wildman–Crippen MR) is 81.6 cm³/mol. The maximum atomic E-state index is 5.10. The fourth-order valence-electron chi connectivity index (χ4n) is 1.70. The number of aromatic nitrogens is 5. The summed E-state index contributed by atoms with van der Waals surface area (Å²) >= 11 is 8.55. The lowest BCUT2D eigenvalue weighted by molar-refractivity contribution is 0.894. The number of halogens is 1. The van der Waals surface area contributed by atoms with Crippen molar-refractivity contribution in [1.82, 2.24) is 24.1 Å². The fraction of sp³-hybridized carbons (Fsp3) is 0.250. The van der Waals surface area contributed by atoms with Crippen molar-refractivity contribution in [2.45, 2.75) is 13.8 Å². The summed E-state index contributed by atoms with van der Waals surface area (Å²) in [5.41, 5.74) is 1.77. The molecule has 3 aromatic heterocycles. The lowest BCUT2D eigenvalue weighted by atomic mass is 10.4. The van der Waals surface area contributed by atoms with E-state index < -0.39 is 0 Å². The minimum absolute atomic E-state index is 0.588. The van der Waals surface area contributed by atoms with Crippen molar-refractivity contribution in [2.75, 3.05) is 0 Å². The normalized spacial score (nSPS) is 10.3. The van der Waals surface area contributed by atoms with Gasteiger partial charge in [-0.15, -0.1) is 0 Å². The van der Waals surface area contributed by atoms with Gasteiger partial charge in [0.2, 0.25) is 0 Å². The van der Waals surface area contributed by atoms with Crippen molar-refractivity contribution in [3.05, 3.63) is 33.8 Å². The molecule has 5 nitrogen and oxygen atoms in total. The molecule has 3 heterocycles. The highest BCUT2D eigenvalue weighted by molar-refractivity contribution is 9.10. The van der Waals surface area contributed by atoms with Crippen LogP contribution in [-0.2, 0) is 7.05 Å². The van der Waals surface area contributed by atoms with Crippen LogP contribution in [-0.4, -0.2) is 24.1 Å². The van der Waals surface area contributed by atoms with Gasteiger partial charge in [0.25, 0.3) is 0 Å². The van der Waals surface area contributed by atoms with E-state index in [2.05, 4.69) is 31.1 Å². The Bertz CT molecular complexity index is 755. The zero-order valence-corrected chi connectivity index (χ0v) is 13.3. The van der Waals surface area contributed by atoms with Crippen LogP contribution in [0, 0.1) is 4.77 Å². The van der Waals surface area contributed by atoms with Gasteiger partial charge < -0.3 is 4.57 Å². The molecular weight excluding hydrogens is 326 g/mol. The number of hydrogen-bond donors (Lipinski definition) is 1. The second kappa shape index (κ2) is 5.66. The van der Waals surface area contributed by atoms with Gasteiger partial charge in [-0.05, 0) is 40.3 Å². The molecular formula is C12H14BrN5S. The van der Waals surface area contributed by atoms with Crippen LogP contribution in [0.3, 0.4) is 0 Å². The first-order valence-electron chi connectivity index (χ1n) is 5.91. The Kier molecular flexibility index (Phi) is 4.16. The van der Waals surface area contributed by atoms with Crippen molar-refractivity contribution in [1.29, 1.82) is 0 Å². The summed E-state index contributed by atoms with van der Waals surface area (Å²) in [4.78, 5) is 4.33. The quantitative estimate of drug-likeness (QED) is 0.689. The minimum Gasteiger partial charge on any atom is -0.302 e. The summed E-state index contributed by atoms with van der Waals surface area (Å²) in [6.07, 6.45) is 3.74. The Labute approximate surface area is 124 Å². The molecule has 0 saturated heterocycles. The van der Waals surface area contributed by atoms with E-state index in [0.29, 0.717) is 4.77 Å². The largest absolute Gasteiger partial charge is 0.302 e. The minimum atomic E-state index is 0.588. The molecule has 0 aromatic carbocycles. The number of rotatable bonds is 1. The van der Waals surface area contributed by atoms with Crippen LogP contribution >= 0.6 is 28.1 Å². The average molecular weight is 340 g/mol. The molecule has 0 spiro atoms. The first-order chi connectivity index (χ1) is 9.16. The molecule has 3 aromatic rings. The van der Waals surface area contributed by atoms with E-state index in [0.717, 1.165) is 21.6 Å². The number of H-pyrrole nitrogens is 1. The number of aromatic amines is 1. The third-order valence-corrected chi connectivity index (χ3v) is 3.41. The number of pyridine rings is 1. The summed E-state index contributed by atoms with van der Waals surface area (Å²) < 4.78 is 5.36. The van der Waals surface area contributed by atoms with Crippen molar-refractivity contribution >= 4 is 33.8 Å². The van der Waals surface area contributed by atoms with Crippen LogP contribution in [0.4, 0.5) is 0 Å². The SMILES string of the molecule is CC.Cn1c(-c2cnc3ccc(Br)cn23)n[nH]c1=S. The first kappa shape index (κ1) is 14.0. The lowest BCUT2D eigenvalue weighted by Gasteiger charge is -2.01. The lowest BCUT2D eigenvalue weighted by Crippen LogP contribution is -1.96. The standard InChI is InChI=1S/C10H8BrN5S.C2H6/c1-15-9(13-14-10(15)17)7-4-12-8-3-2-6(11)5-16(7)8;1-2/h2-5H,1H3,(H,14,17);1-2H3. The maximum Gasteiger partial charge on any atom is 0.195 e. The first-order valence-corrected chi connectivity index (χ1v) is 7.11. The van der Waals surface area contributed by atoms with Crippen LogP contribution in [0.2, 0.25) is 0 Å². The van der Waals surface area contributed by atoms with Gasteiger partial charge in [0.05, 0.1) is 6.20 Å². The number of fused-ring (bicyclic) bond motifs is 1. The zero-order valence-electron chi connectivity index (χ0n) is 10.9. The molecule has 0 bridgehead atoms. The van der Waals surface area contributed by atoms with E-state index in [9.17, 15) is 0 Å². The number of nitrogens with zero attached hydrogens (tertiary/aromatic N) is 4. The molecule has 0 amide bonds. The Hall–Kier alpha value is -1.47. The van der Waals surface area contributed by atoms with Gasteiger partial charge in [-0.25, -0.2) is 4.98 Å². The molecule has 1 N–H and O–H groups in total. The summed E-state index contributed by atoms with van der Waals surface area (Å²) in [6.45, 7) is 4.00. The molecule has 7 heteroatoms. The maximum absolute atomic E-state index is 5.10. The summed E-state index contributed by atoms with van der Waals surface area (Å²) in [5.74, 6) is 0.764. The van der Waals surface area contributed by atoms with Crippen molar-refractivity contribution in [3.8, 4) is 11.5 Å². The molecule has 0 fully saturated rings. The highest BCUT2D eigenvalue weighted by atomic mass is 79.9. The van der Waals surface area contributed by atoms with Crippen LogP contribution in [0.25, 0.3) is 17.2 Å². The molecule has 0 atom stereocenters. The van der Waals surface area contributed by atoms with Gasteiger partial charge in [0.1, 0.15) is 11.3 Å². The van der Waals surface area contributed by atoms with Gasteiger partial charge >= 0.3 is 0 Å². The third kappa shape index (κ3) is 2.48. The van der Waals surface area contributed by atoms with Gasteiger partial charge in [-0.3, -0.25) is 9.50 Å². The molecule has 19 heavy (non-hydrogen) atoms. The molecule has 3 rings (SSSR count). The van der Waals surface area contributed by atoms with E-state index in [4.69, 9.17) is 12.2 Å². The highest BCUT2D eigenvalue weighted by Crippen LogP contribution is 2.20. The summed E-state index contributed by atoms with van der Waals surface area (Å²) in [7, 11) is 1.87. The van der Waals surface area contributed by atoms with Gasteiger partial charge in [0.15, 0.2) is 10.6 Å². The molecule has 0 radical (unpaired) electrons. The summed E-state index contributed by atoms with van der Waals surface area (Å²) in [5, 5.41) is 6.97. The highest BCUT2D eigenvalue weighted by Gasteiger charge is 2.11. The van der Waals surface area contributed by atoms with Crippen LogP contribution in [0.5, 0.6) is 0 Å². The molecule has 0 aliphatic carbocycles. The predicted octanol–water partition coefficient (Wildman–Crippen LogP) is 3.58. The van der Waals surface area contributed by atoms with Crippen LogP contribution in [0.1, 0.15) is 13.8 Å². The molecule has 0 aliphatic heterocycles. The van der Waals surface area contributed by atoms with Crippen LogP contribution in [0.15, 0.2) is 29.0 Å².